The van der Waals surface area contributed by atoms with Crippen molar-refractivity contribution in [2.75, 3.05) is 7.05 Å². The Hall–Kier alpha value is -1.31. The van der Waals surface area contributed by atoms with Crippen LogP contribution < -0.4 is 15.4 Å². The molecule has 2 N–H and O–H groups in total. The van der Waals surface area contributed by atoms with Crippen molar-refractivity contribution < 1.29 is 4.74 Å². The van der Waals surface area contributed by atoms with Crippen molar-refractivity contribution in [2.45, 2.75) is 63.6 Å². The van der Waals surface area contributed by atoms with Gasteiger partial charge in [0.1, 0.15) is 6.10 Å². The molecule has 1 aromatic heterocycles. The fraction of sp³-hybridized carbons (Fsp3) is 0.579. The number of rotatable bonds is 5. The van der Waals surface area contributed by atoms with Crippen molar-refractivity contribution in [3.05, 3.63) is 36.0 Å². The van der Waals surface area contributed by atoms with Gasteiger partial charge in [-0.1, -0.05) is 18.6 Å². The average molecular weight is 456 g/mol. The maximum atomic E-state index is 6.04. The number of aliphatic imine (C=N–C) groups is 1. The lowest BCUT2D eigenvalue weighted by Gasteiger charge is -2.22. The Morgan fingerprint density at radius 2 is 2.00 bits per heavy atom. The Kier molecular flexibility index (Phi) is 8.51. The van der Waals surface area contributed by atoms with Crippen LogP contribution in [0.2, 0.25) is 0 Å². The molecule has 2 aliphatic rings. The predicted molar refractivity (Wildman–Crippen MR) is 113 cm³/mol. The summed E-state index contributed by atoms with van der Waals surface area (Å²) in [6, 6.07) is 4.51. The van der Waals surface area contributed by atoms with E-state index < -0.39 is 0 Å². The van der Waals surface area contributed by atoms with Crippen LogP contribution >= 0.6 is 24.0 Å². The maximum absolute atomic E-state index is 6.04. The zero-order valence-electron chi connectivity index (χ0n) is 14.9. The first-order chi connectivity index (χ1) is 11.8. The molecule has 1 heterocycles. The smallest absolute Gasteiger partial charge is 0.213 e. The summed E-state index contributed by atoms with van der Waals surface area (Å²) in [7, 11) is 1.81. The van der Waals surface area contributed by atoms with Gasteiger partial charge in [0.15, 0.2) is 5.96 Å². The number of ether oxygens (including phenoxy) is 1. The highest BCUT2D eigenvalue weighted by Gasteiger charge is 2.15. The lowest BCUT2D eigenvalue weighted by Crippen LogP contribution is -2.42. The second-order valence-corrected chi connectivity index (χ2v) is 6.59. The van der Waals surface area contributed by atoms with Crippen molar-refractivity contribution in [3.63, 3.8) is 0 Å². The Morgan fingerprint density at radius 1 is 1.24 bits per heavy atom. The van der Waals surface area contributed by atoms with Gasteiger partial charge in [0.05, 0.1) is 0 Å². The number of aromatic nitrogens is 1. The third kappa shape index (κ3) is 6.49. The topological polar surface area (TPSA) is 58.5 Å². The molecule has 3 rings (SSSR count). The van der Waals surface area contributed by atoms with Gasteiger partial charge in [-0.05, 0) is 50.2 Å². The number of guanidine groups is 1. The van der Waals surface area contributed by atoms with Gasteiger partial charge in [0, 0.05) is 31.9 Å². The highest BCUT2D eigenvalue weighted by atomic mass is 127. The van der Waals surface area contributed by atoms with E-state index in [2.05, 4.69) is 32.8 Å². The number of nitrogens with zero attached hydrogens (tertiary/aromatic N) is 2. The summed E-state index contributed by atoms with van der Waals surface area (Å²) in [5.74, 6) is 1.58. The SMILES string of the molecule is CN=C(NCc1ccnc(OC2CCCCC2)c1)NC1CC=CC1.I. The normalized spacial score (nSPS) is 18.7. The molecule has 25 heavy (non-hydrogen) atoms. The van der Waals surface area contributed by atoms with E-state index in [-0.39, 0.29) is 24.0 Å². The van der Waals surface area contributed by atoms with Gasteiger partial charge < -0.3 is 15.4 Å². The molecule has 0 bridgehead atoms. The first-order valence-corrected chi connectivity index (χ1v) is 9.07. The van der Waals surface area contributed by atoms with Crippen molar-refractivity contribution in [1.82, 2.24) is 15.6 Å². The van der Waals surface area contributed by atoms with E-state index in [1.807, 2.05) is 25.4 Å². The lowest BCUT2D eigenvalue weighted by molar-refractivity contribution is 0.148. The van der Waals surface area contributed by atoms with Gasteiger partial charge in [0.2, 0.25) is 5.88 Å². The van der Waals surface area contributed by atoms with Crippen LogP contribution in [0.4, 0.5) is 0 Å². The van der Waals surface area contributed by atoms with Gasteiger partial charge in [-0.3, -0.25) is 4.99 Å². The summed E-state index contributed by atoms with van der Waals surface area (Å²) in [6.45, 7) is 0.712. The van der Waals surface area contributed by atoms with E-state index in [4.69, 9.17) is 4.74 Å². The Morgan fingerprint density at radius 3 is 2.72 bits per heavy atom. The first-order valence-electron chi connectivity index (χ1n) is 9.07. The molecule has 2 aliphatic carbocycles. The van der Waals surface area contributed by atoms with Crippen LogP contribution in [0.5, 0.6) is 5.88 Å². The molecule has 0 saturated heterocycles. The third-order valence-electron chi connectivity index (χ3n) is 4.67. The second kappa shape index (κ2) is 10.6. The number of halogens is 1. The quantitative estimate of drug-likeness (QED) is 0.306. The fourth-order valence-corrected chi connectivity index (χ4v) is 3.29. The summed E-state index contributed by atoms with van der Waals surface area (Å²) in [4.78, 5) is 8.66. The largest absolute Gasteiger partial charge is 0.474 e. The Bertz CT molecular complexity index is 577. The zero-order valence-corrected chi connectivity index (χ0v) is 17.2. The van der Waals surface area contributed by atoms with Crippen LogP contribution in [-0.2, 0) is 6.54 Å². The molecular formula is C19H29IN4O. The number of hydrogen-bond donors (Lipinski definition) is 2. The maximum Gasteiger partial charge on any atom is 0.213 e. The highest BCUT2D eigenvalue weighted by Crippen LogP contribution is 2.22. The van der Waals surface area contributed by atoms with E-state index >= 15 is 0 Å². The second-order valence-electron chi connectivity index (χ2n) is 6.59. The van der Waals surface area contributed by atoms with E-state index in [1.54, 1.807) is 0 Å². The minimum Gasteiger partial charge on any atom is -0.474 e. The van der Waals surface area contributed by atoms with Crippen LogP contribution in [0.1, 0.15) is 50.5 Å². The summed E-state index contributed by atoms with van der Waals surface area (Å²) in [5.41, 5.74) is 1.16. The van der Waals surface area contributed by atoms with Crippen LogP contribution in [0.3, 0.4) is 0 Å². The molecule has 138 valence electrons. The van der Waals surface area contributed by atoms with Gasteiger partial charge in [-0.2, -0.15) is 0 Å². The van der Waals surface area contributed by atoms with Crippen LogP contribution in [0.25, 0.3) is 0 Å². The van der Waals surface area contributed by atoms with Gasteiger partial charge in [-0.25, -0.2) is 4.98 Å². The molecule has 0 radical (unpaired) electrons. The summed E-state index contributed by atoms with van der Waals surface area (Å²) >= 11 is 0. The molecule has 0 amide bonds. The van der Waals surface area contributed by atoms with Gasteiger partial charge in [-0.15, -0.1) is 24.0 Å². The molecule has 1 fully saturated rings. The standard InChI is InChI=1S/C19H28N4O.HI/c1-20-19(23-16-7-5-6-8-16)22-14-15-11-12-21-18(13-15)24-17-9-3-2-4-10-17;/h5-6,11-13,16-17H,2-4,7-10,14H2,1H3,(H2,20,22,23);1H. The fourth-order valence-electron chi connectivity index (χ4n) is 3.29. The summed E-state index contributed by atoms with van der Waals surface area (Å²) < 4.78 is 6.04. The molecule has 0 atom stereocenters. The number of nitrogens with one attached hydrogen (secondary N) is 2. The van der Waals surface area contributed by atoms with Crippen molar-refractivity contribution >= 4 is 29.9 Å². The summed E-state index contributed by atoms with van der Waals surface area (Å²) in [5, 5.41) is 6.82. The lowest BCUT2D eigenvalue weighted by atomic mass is 9.98. The molecule has 1 saturated carbocycles. The average Bonchev–Trinajstić information content (AvgIpc) is 3.13. The third-order valence-corrected chi connectivity index (χ3v) is 4.67. The van der Waals surface area contributed by atoms with Crippen molar-refractivity contribution in [1.29, 1.82) is 0 Å². The van der Waals surface area contributed by atoms with E-state index in [0.717, 1.165) is 43.1 Å². The predicted octanol–water partition coefficient (Wildman–Crippen LogP) is 3.79. The zero-order chi connectivity index (χ0) is 16.6. The number of hydrogen-bond acceptors (Lipinski definition) is 3. The molecule has 0 aliphatic heterocycles. The van der Waals surface area contributed by atoms with E-state index in [1.165, 1.54) is 19.3 Å². The Labute approximate surface area is 167 Å². The molecular weight excluding hydrogens is 427 g/mol. The van der Waals surface area contributed by atoms with Crippen LogP contribution in [0, 0.1) is 0 Å². The van der Waals surface area contributed by atoms with Crippen molar-refractivity contribution in [3.8, 4) is 5.88 Å². The van der Waals surface area contributed by atoms with Crippen molar-refractivity contribution in [2.24, 2.45) is 4.99 Å². The highest BCUT2D eigenvalue weighted by molar-refractivity contribution is 14.0. The summed E-state index contributed by atoms with van der Waals surface area (Å²) in [6.07, 6.45) is 14.9. The minimum atomic E-state index is 0. The molecule has 1 aromatic rings. The monoisotopic (exact) mass is 456 g/mol. The molecule has 0 spiro atoms. The Balaban J connectivity index is 0.00000225. The molecule has 0 unspecified atom stereocenters. The number of pyridine rings is 1. The van der Waals surface area contributed by atoms with Gasteiger partial charge in [0.25, 0.3) is 0 Å². The van der Waals surface area contributed by atoms with Crippen LogP contribution in [-0.4, -0.2) is 30.1 Å². The van der Waals surface area contributed by atoms with E-state index in [9.17, 15) is 0 Å². The molecule has 6 heteroatoms. The van der Waals surface area contributed by atoms with Gasteiger partial charge >= 0.3 is 0 Å². The first kappa shape index (κ1) is 20.0. The van der Waals surface area contributed by atoms with Crippen LogP contribution in [0.15, 0.2) is 35.5 Å². The van der Waals surface area contributed by atoms with E-state index in [0.29, 0.717) is 18.7 Å². The molecule has 5 nitrogen and oxygen atoms in total. The minimum absolute atomic E-state index is 0. The molecule has 0 aromatic carbocycles.